The molecule has 1 heterocycles. The van der Waals surface area contributed by atoms with Crippen LogP contribution in [0.4, 0.5) is 0 Å². The third-order valence-corrected chi connectivity index (χ3v) is 2.86. The standard InChI is InChI=1S/C11H15NO2/c1-5-6-7(2)12-10(13)8(3)9(4)11(12)14/h1,7-9H,6H2,2-4H3. The second-order valence-corrected chi connectivity index (χ2v) is 3.88. The molecule has 14 heavy (non-hydrogen) atoms. The molecule has 3 heteroatoms. The third kappa shape index (κ3) is 1.52. The molecule has 1 saturated heterocycles. The van der Waals surface area contributed by atoms with Crippen LogP contribution in [0.2, 0.25) is 0 Å². The fraction of sp³-hybridized carbons (Fsp3) is 0.636. The van der Waals surface area contributed by atoms with Gasteiger partial charge in [-0.05, 0) is 6.92 Å². The fourth-order valence-corrected chi connectivity index (χ4v) is 1.67. The number of hydrogen-bond acceptors (Lipinski definition) is 2. The number of carbonyl (C=O) groups excluding carboxylic acids is 2. The maximum absolute atomic E-state index is 11.7. The average Bonchev–Trinajstić information content (AvgIpc) is 2.32. The minimum absolute atomic E-state index is 0.0924. The number of nitrogens with zero attached hydrogens (tertiary/aromatic N) is 1. The highest BCUT2D eigenvalue weighted by Crippen LogP contribution is 2.27. The van der Waals surface area contributed by atoms with E-state index in [0.717, 1.165) is 0 Å². The first-order chi connectivity index (χ1) is 6.50. The van der Waals surface area contributed by atoms with E-state index in [4.69, 9.17) is 6.42 Å². The number of likely N-dealkylation sites (tertiary alicyclic amines) is 1. The quantitative estimate of drug-likeness (QED) is 0.485. The van der Waals surface area contributed by atoms with E-state index < -0.39 is 0 Å². The summed E-state index contributed by atoms with van der Waals surface area (Å²) in [6, 6.07) is -0.174. The molecule has 1 fully saturated rings. The van der Waals surface area contributed by atoms with E-state index in [0.29, 0.717) is 6.42 Å². The Morgan fingerprint density at radius 1 is 1.36 bits per heavy atom. The third-order valence-electron chi connectivity index (χ3n) is 2.86. The van der Waals surface area contributed by atoms with E-state index in [1.165, 1.54) is 4.90 Å². The van der Waals surface area contributed by atoms with Crippen LogP contribution in [0.5, 0.6) is 0 Å². The summed E-state index contributed by atoms with van der Waals surface area (Å²) in [6.45, 7) is 5.38. The molecule has 1 aliphatic heterocycles. The molecule has 3 atom stereocenters. The Morgan fingerprint density at radius 2 is 1.79 bits per heavy atom. The van der Waals surface area contributed by atoms with Crippen molar-refractivity contribution in [2.75, 3.05) is 0 Å². The van der Waals surface area contributed by atoms with Gasteiger partial charge >= 0.3 is 0 Å². The molecule has 3 unspecified atom stereocenters. The molecule has 3 nitrogen and oxygen atoms in total. The van der Waals surface area contributed by atoms with Crippen LogP contribution in [0.3, 0.4) is 0 Å². The second kappa shape index (κ2) is 3.83. The van der Waals surface area contributed by atoms with Crippen molar-refractivity contribution in [1.29, 1.82) is 0 Å². The first-order valence-corrected chi connectivity index (χ1v) is 4.81. The van der Waals surface area contributed by atoms with Gasteiger partial charge in [0, 0.05) is 24.3 Å². The van der Waals surface area contributed by atoms with Crippen LogP contribution in [0, 0.1) is 24.2 Å². The van der Waals surface area contributed by atoms with Crippen molar-refractivity contribution < 1.29 is 9.59 Å². The monoisotopic (exact) mass is 193 g/mol. The molecule has 76 valence electrons. The summed E-state index contributed by atoms with van der Waals surface area (Å²) in [6.07, 6.45) is 5.59. The summed E-state index contributed by atoms with van der Waals surface area (Å²) in [5.41, 5.74) is 0. The number of carbonyl (C=O) groups is 2. The van der Waals surface area contributed by atoms with Gasteiger partial charge in [0.25, 0.3) is 0 Å². The molecule has 0 radical (unpaired) electrons. The molecule has 0 aromatic rings. The number of hydrogen-bond donors (Lipinski definition) is 0. The van der Waals surface area contributed by atoms with Gasteiger partial charge in [-0.3, -0.25) is 14.5 Å². The largest absolute Gasteiger partial charge is 0.278 e. The van der Waals surface area contributed by atoms with Crippen molar-refractivity contribution in [2.45, 2.75) is 33.2 Å². The number of amides is 2. The van der Waals surface area contributed by atoms with Crippen molar-refractivity contribution in [2.24, 2.45) is 11.8 Å². The molecule has 2 amide bonds. The maximum atomic E-state index is 11.7. The maximum Gasteiger partial charge on any atom is 0.233 e. The van der Waals surface area contributed by atoms with Crippen LogP contribution in [0.15, 0.2) is 0 Å². The Kier molecular flexibility index (Phi) is 2.95. The molecule has 0 aromatic carbocycles. The summed E-state index contributed by atoms with van der Waals surface area (Å²) in [7, 11) is 0. The lowest BCUT2D eigenvalue weighted by atomic mass is 10.00. The molecule has 1 aliphatic rings. The topological polar surface area (TPSA) is 37.4 Å². The first-order valence-electron chi connectivity index (χ1n) is 4.81. The normalized spacial score (nSPS) is 29.1. The molecule has 1 rings (SSSR count). The van der Waals surface area contributed by atoms with E-state index in [1.54, 1.807) is 20.8 Å². The van der Waals surface area contributed by atoms with Crippen LogP contribution < -0.4 is 0 Å². The lowest BCUT2D eigenvalue weighted by molar-refractivity contribution is -0.142. The van der Waals surface area contributed by atoms with Crippen molar-refractivity contribution in [1.82, 2.24) is 4.90 Å². The Morgan fingerprint density at radius 3 is 2.14 bits per heavy atom. The Balaban J connectivity index is 2.86. The van der Waals surface area contributed by atoms with Crippen molar-refractivity contribution in [3.8, 4) is 12.3 Å². The Bertz CT molecular complexity index is 283. The summed E-state index contributed by atoms with van der Waals surface area (Å²) >= 11 is 0. The lowest BCUT2D eigenvalue weighted by Gasteiger charge is -2.20. The van der Waals surface area contributed by atoms with Gasteiger partial charge in [-0.25, -0.2) is 0 Å². The van der Waals surface area contributed by atoms with Crippen molar-refractivity contribution >= 4 is 11.8 Å². The molecule has 0 N–H and O–H groups in total. The van der Waals surface area contributed by atoms with Gasteiger partial charge in [0.1, 0.15) is 0 Å². The Hall–Kier alpha value is -1.30. The van der Waals surface area contributed by atoms with E-state index in [2.05, 4.69) is 5.92 Å². The SMILES string of the molecule is C#CCC(C)N1C(=O)C(C)C(C)C1=O. The zero-order valence-electron chi connectivity index (χ0n) is 8.78. The smallest absolute Gasteiger partial charge is 0.233 e. The second-order valence-electron chi connectivity index (χ2n) is 3.88. The summed E-state index contributed by atoms with van der Waals surface area (Å²) in [4.78, 5) is 24.7. The minimum atomic E-state index is -0.206. The number of rotatable bonds is 2. The van der Waals surface area contributed by atoms with Crippen LogP contribution in [0.25, 0.3) is 0 Å². The molecule has 0 spiro atoms. The summed E-state index contributed by atoms with van der Waals surface area (Å²) in [5.74, 6) is 1.87. The van der Waals surface area contributed by atoms with Crippen molar-refractivity contribution in [3.05, 3.63) is 0 Å². The predicted octanol–water partition coefficient (Wildman–Crippen LogP) is 1.04. The summed E-state index contributed by atoms with van der Waals surface area (Å²) < 4.78 is 0. The molecule has 0 aromatic heterocycles. The van der Waals surface area contributed by atoms with Gasteiger partial charge in [-0.15, -0.1) is 12.3 Å². The lowest BCUT2D eigenvalue weighted by Crippen LogP contribution is -2.38. The van der Waals surface area contributed by atoms with E-state index >= 15 is 0 Å². The predicted molar refractivity (Wildman–Crippen MR) is 53.1 cm³/mol. The van der Waals surface area contributed by atoms with Gasteiger partial charge in [0.05, 0.1) is 0 Å². The minimum Gasteiger partial charge on any atom is -0.278 e. The Labute approximate surface area is 84.5 Å². The highest BCUT2D eigenvalue weighted by Gasteiger charge is 2.43. The average molecular weight is 193 g/mol. The van der Waals surface area contributed by atoms with Gasteiger partial charge in [-0.2, -0.15) is 0 Å². The van der Waals surface area contributed by atoms with Crippen LogP contribution in [-0.4, -0.2) is 22.8 Å². The van der Waals surface area contributed by atoms with Gasteiger partial charge in [-0.1, -0.05) is 13.8 Å². The van der Waals surface area contributed by atoms with Crippen molar-refractivity contribution in [3.63, 3.8) is 0 Å². The zero-order chi connectivity index (χ0) is 10.9. The van der Waals surface area contributed by atoms with Crippen LogP contribution in [0.1, 0.15) is 27.2 Å². The number of terminal acetylenes is 1. The summed E-state index contributed by atoms with van der Waals surface area (Å²) in [5, 5.41) is 0. The molecular weight excluding hydrogens is 178 g/mol. The van der Waals surface area contributed by atoms with Gasteiger partial charge in [0.2, 0.25) is 11.8 Å². The molecule has 0 aliphatic carbocycles. The zero-order valence-corrected chi connectivity index (χ0v) is 8.78. The van der Waals surface area contributed by atoms with Crippen LogP contribution >= 0.6 is 0 Å². The molecule has 0 saturated carbocycles. The molecular formula is C11H15NO2. The fourth-order valence-electron chi connectivity index (χ4n) is 1.67. The van der Waals surface area contributed by atoms with Gasteiger partial charge < -0.3 is 0 Å². The number of imide groups is 1. The van der Waals surface area contributed by atoms with E-state index in [1.807, 2.05) is 0 Å². The van der Waals surface area contributed by atoms with Crippen LogP contribution in [-0.2, 0) is 9.59 Å². The van der Waals surface area contributed by atoms with E-state index in [-0.39, 0.29) is 29.7 Å². The highest BCUT2D eigenvalue weighted by atomic mass is 16.2. The molecule has 0 bridgehead atoms. The highest BCUT2D eigenvalue weighted by molar-refractivity contribution is 6.05. The van der Waals surface area contributed by atoms with E-state index in [9.17, 15) is 9.59 Å². The van der Waals surface area contributed by atoms with Gasteiger partial charge in [0.15, 0.2) is 0 Å². The first kappa shape index (κ1) is 10.8.